The molecule has 1 aromatic heterocycles. The number of methoxy groups -OCH3 is 1. The van der Waals surface area contributed by atoms with E-state index in [4.69, 9.17) is 4.74 Å². The van der Waals surface area contributed by atoms with Gasteiger partial charge >= 0.3 is 6.18 Å². The first-order chi connectivity index (χ1) is 11.4. The molecule has 0 aliphatic heterocycles. The van der Waals surface area contributed by atoms with Crippen molar-refractivity contribution in [2.45, 2.75) is 19.5 Å². The number of ether oxygens (including phenoxy) is 1. The zero-order chi connectivity index (χ0) is 17.6. The van der Waals surface area contributed by atoms with Gasteiger partial charge in [0, 0.05) is 32.0 Å². The largest absolute Gasteiger partial charge is 0.418 e. The summed E-state index contributed by atoms with van der Waals surface area (Å²) >= 11 is 0. The van der Waals surface area contributed by atoms with Crippen molar-refractivity contribution in [3.05, 3.63) is 41.6 Å². The van der Waals surface area contributed by atoms with E-state index in [9.17, 15) is 13.2 Å². The lowest BCUT2D eigenvalue weighted by atomic mass is 10.1. The minimum absolute atomic E-state index is 0.0477. The molecule has 0 unspecified atom stereocenters. The number of aryl methyl sites for hydroxylation is 1. The molecule has 130 valence electrons. The molecule has 5 nitrogen and oxygen atoms in total. The molecule has 24 heavy (non-hydrogen) atoms. The number of nitrogens with zero attached hydrogens (tertiary/aromatic N) is 2. The number of halogens is 3. The molecule has 0 bridgehead atoms. The highest BCUT2D eigenvalue weighted by molar-refractivity contribution is 5.62. The lowest BCUT2D eigenvalue weighted by molar-refractivity contribution is -0.136. The Labute approximate surface area is 138 Å². The number of para-hydroxylation sites is 1. The fourth-order valence-corrected chi connectivity index (χ4v) is 2.11. The monoisotopic (exact) mass is 340 g/mol. The molecule has 2 rings (SSSR count). The molecule has 0 amide bonds. The summed E-state index contributed by atoms with van der Waals surface area (Å²) in [6.45, 7) is 2.96. The minimum Gasteiger partial charge on any atom is -0.385 e. The minimum atomic E-state index is -4.44. The van der Waals surface area contributed by atoms with Gasteiger partial charge in [0.1, 0.15) is 5.82 Å². The van der Waals surface area contributed by atoms with Crippen LogP contribution in [0.2, 0.25) is 0 Å². The van der Waals surface area contributed by atoms with E-state index in [-0.39, 0.29) is 5.69 Å². The smallest absolute Gasteiger partial charge is 0.385 e. The number of benzene rings is 1. The maximum Gasteiger partial charge on any atom is 0.418 e. The third-order valence-corrected chi connectivity index (χ3v) is 3.16. The number of rotatable bonds is 7. The van der Waals surface area contributed by atoms with E-state index in [1.807, 2.05) is 0 Å². The van der Waals surface area contributed by atoms with Crippen molar-refractivity contribution in [2.75, 3.05) is 30.9 Å². The summed E-state index contributed by atoms with van der Waals surface area (Å²) in [7, 11) is 1.61. The van der Waals surface area contributed by atoms with Crippen molar-refractivity contribution in [2.24, 2.45) is 0 Å². The molecular formula is C16H19F3N4O. The van der Waals surface area contributed by atoms with Crippen LogP contribution in [0.1, 0.15) is 17.7 Å². The highest BCUT2D eigenvalue weighted by Crippen LogP contribution is 2.35. The molecule has 0 saturated heterocycles. The van der Waals surface area contributed by atoms with Gasteiger partial charge in [0.05, 0.1) is 11.3 Å². The number of aromatic nitrogens is 2. The van der Waals surface area contributed by atoms with Crippen molar-refractivity contribution < 1.29 is 17.9 Å². The Balaban J connectivity index is 2.17. The first kappa shape index (κ1) is 18.0. The number of hydrogen-bond donors (Lipinski definition) is 2. The van der Waals surface area contributed by atoms with E-state index >= 15 is 0 Å². The molecule has 0 spiro atoms. The SMILES string of the molecule is COCCCNc1nc(C)cc(Nc2ccccc2C(F)(F)F)n1. The van der Waals surface area contributed by atoms with Gasteiger partial charge in [0.15, 0.2) is 0 Å². The lowest BCUT2D eigenvalue weighted by Crippen LogP contribution is -2.11. The maximum atomic E-state index is 13.1. The fraction of sp³-hybridized carbons (Fsp3) is 0.375. The molecule has 0 atom stereocenters. The number of anilines is 3. The Hall–Kier alpha value is -2.35. The van der Waals surface area contributed by atoms with Crippen LogP contribution >= 0.6 is 0 Å². The van der Waals surface area contributed by atoms with E-state index < -0.39 is 11.7 Å². The van der Waals surface area contributed by atoms with Crippen LogP contribution < -0.4 is 10.6 Å². The van der Waals surface area contributed by atoms with E-state index in [0.29, 0.717) is 30.6 Å². The molecule has 2 N–H and O–H groups in total. The summed E-state index contributed by atoms with van der Waals surface area (Å²) in [5.74, 6) is 0.659. The summed E-state index contributed by atoms with van der Waals surface area (Å²) in [6, 6.07) is 6.87. The highest BCUT2D eigenvalue weighted by atomic mass is 19.4. The Morgan fingerprint density at radius 3 is 2.62 bits per heavy atom. The Kier molecular flexibility index (Phi) is 5.97. The lowest BCUT2D eigenvalue weighted by Gasteiger charge is -2.15. The van der Waals surface area contributed by atoms with Gasteiger partial charge in [-0.3, -0.25) is 0 Å². The van der Waals surface area contributed by atoms with E-state index in [2.05, 4.69) is 20.6 Å². The maximum absolute atomic E-state index is 13.1. The number of alkyl halides is 3. The predicted octanol–water partition coefficient (Wildman–Crippen LogP) is 4.00. The van der Waals surface area contributed by atoms with E-state index in [1.165, 1.54) is 18.2 Å². The second kappa shape index (κ2) is 7.96. The van der Waals surface area contributed by atoms with Gasteiger partial charge in [-0.15, -0.1) is 0 Å². The average Bonchev–Trinajstić information content (AvgIpc) is 2.50. The molecule has 0 fully saturated rings. The van der Waals surface area contributed by atoms with Crippen molar-refractivity contribution in [3.63, 3.8) is 0 Å². The van der Waals surface area contributed by atoms with E-state index in [0.717, 1.165) is 12.5 Å². The normalized spacial score (nSPS) is 11.4. The third kappa shape index (κ3) is 5.09. The molecule has 0 aliphatic carbocycles. The van der Waals surface area contributed by atoms with Gasteiger partial charge in [-0.1, -0.05) is 12.1 Å². The fourth-order valence-electron chi connectivity index (χ4n) is 2.11. The second-order valence-electron chi connectivity index (χ2n) is 5.16. The Morgan fingerprint density at radius 1 is 1.17 bits per heavy atom. The Bertz CT molecular complexity index is 677. The zero-order valence-corrected chi connectivity index (χ0v) is 13.4. The number of hydrogen-bond acceptors (Lipinski definition) is 5. The standard InChI is InChI=1S/C16H19F3N4O/c1-11-10-14(23-15(21-11)20-8-5-9-24-2)22-13-7-4-3-6-12(13)16(17,18)19/h3-4,6-7,10H,5,8-9H2,1-2H3,(H2,20,21,22,23). The van der Waals surface area contributed by atoms with Gasteiger partial charge in [-0.2, -0.15) is 18.2 Å². The van der Waals surface area contributed by atoms with Crippen LogP contribution in [-0.4, -0.2) is 30.2 Å². The number of nitrogens with one attached hydrogen (secondary N) is 2. The van der Waals surface area contributed by atoms with Gasteiger partial charge in [0.2, 0.25) is 5.95 Å². The summed E-state index contributed by atoms with van der Waals surface area (Å²) in [5.41, 5.74) is -0.143. The van der Waals surface area contributed by atoms with Crippen LogP contribution in [0.15, 0.2) is 30.3 Å². The Morgan fingerprint density at radius 2 is 1.92 bits per heavy atom. The predicted molar refractivity (Wildman–Crippen MR) is 86.5 cm³/mol. The highest BCUT2D eigenvalue weighted by Gasteiger charge is 2.33. The third-order valence-electron chi connectivity index (χ3n) is 3.16. The van der Waals surface area contributed by atoms with Crippen LogP contribution in [0.4, 0.5) is 30.6 Å². The summed E-state index contributed by atoms with van der Waals surface area (Å²) < 4.78 is 44.1. The summed E-state index contributed by atoms with van der Waals surface area (Å²) in [6.07, 6.45) is -3.67. The summed E-state index contributed by atoms with van der Waals surface area (Å²) in [5, 5.41) is 5.75. The van der Waals surface area contributed by atoms with Crippen LogP contribution in [0.25, 0.3) is 0 Å². The van der Waals surface area contributed by atoms with E-state index in [1.54, 1.807) is 20.1 Å². The van der Waals surface area contributed by atoms with Gasteiger partial charge in [0.25, 0.3) is 0 Å². The molecule has 0 saturated carbocycles. The van der Waals surface area contributed by atoms with Crippen molar-refractivity contribution in [1.82, 2.24) is 9.97 Å². The van der Waals surface area contributed by atoms with Crippen LogP contribution in [0.5, 0.6) is 0 Å². The molecule has 0 aliphatic rings. The molecular weight excluding hydrogens is 321 g/mol. The van der Waals surface area contributed by atoms with Crippen molar-refractivity contribution in [3.8, 4) is 0 Å². The van der Waals surface area contributed by atoms with Crippen molar-refractivity contribution >= 4 is 17.5 Å². The first-order valence-electron chi connectivity index (χ1n) is 7.42. The topological polar surface area (TPSA) is 59.1 Å². The average molecular weight is 340 g/mol. The van der Waals surface area contributed by atoms with Crippen LogP contribution in [0, 0.1) is 6.92 Å². The van der Waals surface area contributed by atoms with Gasteiger partial charge in [-0.05, 0) is 25.5 Å². The van der Waals surface area contributed by atoms with Crippen molar-refractivity contribution in [1.29, 1.82) is 0 Å². The van der Waals surface area contributed by atoms with Gasteiger partial charge < -0.3 is 15.4 Å². The molecule has 0 radical (unpaired) electrons. The molecule has 2 aromatic rings. The van der Waals surface area contributed by atoms with Crippen LogP contribution in [-0.2, 0) is 10.9 Å². The van der Waals surface area contributed by atoms with Gasteiger partial charge in [-0.25, -0.2) is 4.98 Å². The molecule has 1 aromatic carbocycles. The second-order valence-corrected chi connectivity index (χ2v) is 5.16. The summed E-state index contributed by atoms with van der Waals surface area (Å²) in [4.78, 5) is 8.43. The van der Waals surface area contributed by atoms with Crippen LogP contribution in [0.3, 0.4) is 0 Å². The first-order valence-corrected chi connectivity index (χ1v) is 7.42. The quantitative estimate of drug-likeness (QED) is 0.746. The molecule has 1 heterocycles. The zero-order valence-electron chi connectivity index (χ0n) is 13.4. The molecule has 8 heteroatoms.